The molecule has 19 nitrogen and oxygen atoms in total. The fourth-order valence-electron chi connectivity index (χ4n) is 6.88. The number of para-hydroxylation sites is 1. The summed E-state index contributed by atoms with van der Waals surface area (Å²) in [5, 5.41) is 28.7. The Hall–Kier alpha value is -6.01. The number of fused-ring (bicyclic) bond motifs is 1. The lowest BCUT2D eigenvalue weighted by molar-refractivity contribution is -0.790. The Balaban J connectivity index is 1.52. The van der Waals surface area contributed by atoms with E-state index in [-0.39, 0.29) is 50.7 Å². The van der Waals surface area contributed by atoms with E-state index < -0.39 is 58.8 Å². The Morgan fingerprint density at radius 3 is 2.21 bits per heavy atom. The van der Waals surface area contributed by atoms with E-state index in [0.29, 0.717) is 25.2 Å². The molecule has 1 aromatic carbocycles. The topological polar surface area (TPSA) is 239 Å². The van der Waals surface area contributed by atoms with Crippen LogP contribution in [0.4, 0.5) is 4.79 Å². The molecule has 4 atom stereocenters. The molecule has 3 heterocycles. The third-order valence-electron chi connectivity index (χ3n) is 9.76. The molecule has 316 valence electrons. The smallest absolute Gasteiger partial charge is 0.329 e. The van der Waals surface area contributed by atoms with Gasteiger partial charge in [0.05, 0.1) is 6.61 Å². The Bertz CT molecular complexity index is 1830. The van der Waals surface area contributed by atoms with Crippen LogP contribution in [0.3, 0.4) is 0 Å². The van der Waals surface area contributed by atoms with Gasteiger partial charge in [-0.2, -0.15) is 0 Å². The van der Waals surface area contributed by atoms with Gasteiger partial charge in [-0.3, -0.25) is 14.6 Å². The molecule has 0 aliphatic carbocycles. The molecule has 0 saturated carbocycles. The van der Waals surface area contributed by atoms with Gasteiger partial charge >= 0.3 is 12.0 Å². The molecule has 4 amide bonds. The van der Waals surface area contributed by atoms with E-state index in [1.807, 2.05) is 55.9 Å². The minimum atomic E-state index is -1.23. The van der Waals surface area contributed by atoms with Gasteiger partial charge in [0.2, 0.25) is 11.8 Å². The number of aryl methyl sites for hydroxylation is 1. The van der Waals surface area contributed by atoms with Crippen LogP contribution in [0.1, 0.15) is 76.5 Å². The van der Waals surface area contributed by atoms with Gasteiger partial charge in [-0.05, 0) is 68.2 Å². The summed E-state index contributed by atoms with van der Waals surface area (Å²) in [7, 11) is 1.88. The number of aromatic nitrogens is 2. The molecule has 1 aliphatic rings. The molecular weight excluding hydrogens is 756 g/mol. The molecule has 1 aliphatic heterocycles. The van der Waals surface area contributed by atoms with E-state index in [4.69, 9.17) is 4.74 Å². The highest BCUT2D eigenvalue weighted by Crippen LogP contribution is 2.22. The molecule has 0 radical (unpaired) electrons. The first-order valence-electron chi connectivity index (χ1n) is 19.6. The van der Waals surface area contributed by atoms with Crippen LogP contribution in [0, 0.1) is 26.1 Å². The number of hydrogen-bond acceptors (Lipinski definition) is 12. The van der Waals surface area contributed by atoms with Gasteiger partial charge < -0.3 is 39.8 Å². The molecule has 1 saturated heterocycles. The summed E-state index contributed by atoms with van der Waals surface area (Å²) >= 11 is 0. The lowest BCUT2D eigenvalue weighted by Gasteiger charge is -2.28. The Labute approximate surface area is 336 Å². The molecule has 58 heavy (non-hydrogen) atoms. The van der Waals surface area contributed by atoms with Gasteiger partial charge in [-0.15, -0.1) is 20.2 Å². The van der Waals surface area contributed by atoms with Crippen LogP contribution in [-0.4, -0.2) is 99.0 Å². The van der Waals surface area contributed by atoms with E-state index in [2.05, 4.69) is 30.6 Å². The molecule has 3 aromatic rings. The number of carbonyl (C=O) groups is 4. The van der Waals surface area contributed by atoms with Crippen LogP contribution in [0.5, 0.6) is 0 Å². The third-order valence-corrected chi connectivity index (χ3v) is 9.76. The van der Waals surface area contributed by atoms with Crippen LogP contribution in [0.2, 0.25) is 0 Å². The first-order valence-corrected chi connectivity index (χ1v) is 19.6. The van der Waals surface area contributed by atoms with Crippen LogP contribution < -0.4 is 16.0 Å². The maximum atomic E-state index is 14.3. The van der Waals surface area contributed by atoms with Gasteiger partial charge in [-0.1, -0.05) is 51.0 Å². The van der Waals surface area contributed by atoms with E-state index in [1.165, 1.54) is 0 Å². The van der Waals surface area contributed by atoms with Gasteiger partial charge in [0.15, 0.2) is 0 Å². The highest BCUT2D eigenvalue weighted by atomic mass is 17.0. The fourth-order valence-corrected chi connectivity index (χ4v) is 6.88. The maximum absolute atomic E-state index is 14.3. The summed E-state index contributed by atoms with van der Waals surface area (Å²) in [6.45, 7) is 4.28. The van der Waals surface area contributed by atoms with Gasteiger partial charge in [0.1, 0.15) is 30.8 Å². The molecule has 4 unspecified atom stereocenters. The molecule has 0 bridgehead atoms. The number of nitrogens with one attached hydrogen (secondary N) is 3. The van der Waals surface area contributed by atoms with Crippen LogP contribution in [-0.2, 0) is 48.7 Å². The number of esters is 1. The monoisotopic (exact) mass is 810 g/mol. The van der Waals surface area contributed by atoms with E-state index in [9.17, 15) is 39.4 Å². The first-order chi connectivity index (χ1) is 27.8. The van der Waals surface area contributed by atoms with Crippen molar-refractivity contribution in [3.8, 4) is 0 Å². The highest BCUT2D eigenvalue weighted by Gasteiger charge is 2.32. The fraction of sp³-hybridized carbons (Fsp3) is 0.564. The number of nitrogens with zero attached hydrogens (tertiary/aromatic N) is 5. The summed E-state index contributed by atoms with van der Waals surface area (Å²) in [6.07, 6.45) is 6.84. The van der Waals surface area contributed by atoms with Crippen LogP contribution >= 0.6 is 0 Å². The third kappa shape index (κ3) is 14.5. The van der Waals surface area contributed by atoms with Gasteiger partial charge in [0.25, 0.3) is 10.2 Å². The zero-order valence-electron chi connectivity index (χ0n) is 33.2. The first kappa shape index (κ1) is 44.7. The van der Waals surface area contributed by atoms with Crippen molar-refractivity contribution in [2.24, 2.45) is 13.0 Å². The minimum Gasteiger partial charge on any atom is -0.464 e. The van der Waals surface area contributed by atoms with Gasteiger partial charge in [-0.25, -0.2) is 9.59 Å². The predicted molar refractivity (Wildman–Crippen MR) is 210 cm³/mol. The van der Waals surface area contributed by atoms with E-state index >= 15 is 0 Å². The second-order valence-corrected chi connectivity index (χ2v) is 14.8. The number of benzene rings is 1. The quantitative estimate of drug-likeness (QED) is 0.0568. The Morgan fingerprint density at radius 1 is 0.845 bits per heavy atom. The SMILES string of the molecule is CC(C)CC(NC(=O)N1CCCCCC1)C(=O)NC(Cc1cn(C)c2ccccc12)C(=O)NC(Cc1ccccn1)C(=O)OCCCCC(CO[N+](=O)[O-])O[N+](=O)[O-]. The van der Waals surface area contributed by atoms with Crippen molar-refractivity contribution >= 4 is 34.7 Å². The zero-order valence-corrected chi connectivity index (χ0v) is 33.2. The number of likely N-dealkylation sites (tertiary alicyclic amines) is 1. The van der Waals surface area contributed by atoms with Crippen molar-refractivity contribution in [2.75, 3.05) is 26.3 Å². The maximum Gasteiger partial charge on any atom is 0.329 e. The van der Waals surface area contributed by atoms with Crippen molar-refractivity contribution in [1.82, 2.24) is 30.4 Å². The molecule has 4 rings (SSSR count). The number of unbranched alkanes of at least 4 members (excludes halogenated alkanes) is 1. The van der Waals surface area contributed by atoms with Crippen LogP contribution in [0.25, 0.3) is 10.9 Å². The number of urea groups is 1. The minimum absolute atomic E-state index is 0.00626. The highest BCUT2D eigenvalue weighted by molar-refractivity contribution is 5.94. The summed E-state index contributed by atoms with van der Waals surface area (Å²) in [6, 6.07) is 9.09. The van der Waals surface area contributed by atoms with Crippen molar-refractivity contribution < 1.29 is 43.8 Å². The van der Waals surface area contributed by atoms with Gasteiger partial charge in [0, 0.05) is 62.0 Å². The molecular formula is C39H54N8O11. The molecule has 3 N–H and O–H groups in total. The van der Waals surface area contributed by atoms with E-state index in [1.54, 1.807) is 29.3 Å². The Morgan fingerprint density at radius 2 is 1.53 bits per heavy atom. The average molecular weight is 811 g/mol. The lowest BCUT2D eigenvalue weighted by atomic mass is 10.0. The molecule has 19 heteroatoms. The van der Waals surface area contributed by atoms with Crippen LogP contribution in [0.15, 0.2) is 54.9 Å². The normalized spacial score (nSPS) is 15.0. The van der Waals surface area contributed by atoms with Crippen molar-refractivity contribution in [3.63, 3.8) is 0 Å². The number of ether oxygens (including phenoxy) is 1. The molecule has 0 spiro atoms. The van der Waals surface area contributed by atoms with Crippen molar-refractivity contribution in [1.29, 1.82) is 0 Å². The number of rotatable bonds is 22. The number of hydrogen-bond donors (Lipinski definition) is 3. The summed E-state index contributed by atoms with van der Waals surface area (Å²) in [5.41, 5.74) is 2.18. The summed E-state index contributed by atoms with van der Waals surface area (Å²) < 4.78 is 7.46. The predicted octanol–water partition coefficient (Wildman–Crippen LogP) is 3.83. The second kappa shape index (κ2) is 22.7. The van der Waals surface area contributed by atoms with Crippen molar-refractivity contribution in [2.45, 2.75) is 102 Å². The molecule has 2 aromatic heterocycles. The Kier molecular flexibility index (Phi) is 17.5. The molecule has 1 fully saturated rings. The van der Waals surface area contributed by atoms with E-state index in [0.717, 1.165) is 42.1 Å². The number of pyridine rings is 1. The number of amides is 4. The second-order valence-electron chi connectivity index (χ2n) is 14.8. The summed E-state index contributed by atoms with van der Waals surface area (Å²) in [4.78, 5) is 91.5. The summed E-state index contributed by atoms with van der Waals surface area (Å²) in [5.74, 6) is -1.95. The lowest BCUT2D eigenvalue weighted by Crippen LogP contribution is -2.58. The standard InChI is InChI=1S/C39H54N8O11/c1-27(2)22-32(43-39(51)45-19-11-4-5-12-20-45)36(48)41-33(23-28-25-44(3)35-17-7-6-16-31(28)35)37(49)42-34(24-29-14-8-10-18-40-29)38(50)56-21-13-9-15-30(58-47(54)55)26-57-46(52)53/h6-8,10,14,16-18,25,27,30,32-34H,4-5,9,11-13,15,19-24,26H2,1-3H3,(H,41,48)(H,42,49)(H,43,51). The largest absolute Gasteiger partial charge is 0.464 e. The van der Waals surface area contributed by atoms with Crippen molar-refractivity contribution in [3.05, 3.63) is 86.3 Å². The zero-order chi connectivity index (χ0) is 42.0. The average Bonchev–Trinajstić information content (AvgIpc) is 3.32. The number of carbonyl (C=O) groups excluding carboxylic acids is 4.